The van der Waals surface area contributed by atoms with E-state index in [1.807, 2.05) is 97.6 Å². The Bertz CT molecular complexity index is 1310. The Morgan fingerprint density at radius 2 is 0.773 bits per heavy atom. The van der Waals surface area contributed by atoms with Crippen LogP contribution in [0.15, 0.2) is 97.6 Å². The Kier molecular flexibility index (Phi) is 18.3. The number of carbonyl (C=O) groups excluding carboxylic acids is 2. The van der Waals surface area contributed by atoms with Crippen molar-refractivity contribution in [2.45, 2.75) is 64.5 Å². The number of hydrogen-bond donors (Lipinski definition) is 2. The van der Waals surface area contributed by atoms with Crippen molar-refractivity contribution >= 4 is 68.4 Å². The lowest BCUT2D eigenvalue weighted by atomic mass is 10.1. The van der Waals surface area contributed by atoms with E-state index >= 15 is 0 Å². The molecule has 4 aromatic rings. The molecule has 0 fully saturated rings. The second-order valence-electron chi connectivity index (χ2n) is 10.4. The molecule has 2 aromatic carbocycles. The normalized spacial score (nSPS) is 10.3. The van der Waals surface area contributed by atoms with Crippen molar-refractivity contribution < 1.29 is 52.7 Å². The molecule has 4 rings (SSSR count). The van der Waals surface area contributed by atoms with Gasteiger partial charge in [0, 0.05) is 55.6 Å². The van der Waals surface area contributed by atoms with Gasteiger partial charge in [-0.25, -0.2) is 9.13 Å². The summed E-state index contributed by atoms with van der Waals surface area (Å²) in [5.74, 6) is -0.170. The number of unbranched alkanes of at least 4 members (excludes halogenated alkanes) is 7. The molecule has 0 atom stereocenters. The van der Waals surface area contributed by atoms with Crippen LogP contribution in [0.5, 0.6) is 0 Å². The molecule has 44 heavy (non-hydrogen) atoms. The van der Waals surface area contributed by atoms with Gasteiger partial charge in [0.2, 0.25) is 0 Å². The topological polar surface area (TPSA) is 66.0 Å². The third-order valence-corrected chi connectivity index (χ3v) is 8.53. The highest BCUT2D eigenvalue weighted by Gasteiger charge is 2.10. The average molecular weight is 948 g/mol. The number of amides is 2. The molecule has 2 heterocycles. The van der Waals surface area contributed by atoms with Crippen molar-refractivity contribution in [2.24, 2.45) is 0 Å². The van der Waals surface area contributed by atoms with E-state index in [0.29, 0.717) is 11.1 Å². The van der Waals surface area contributed by atoms with Crippen LogP contribution in [0.4, 0.5) is 11.4 Å². The van der Waals surface area contributed by atoms with Gasteiger partial charge in [-0.05, 0) is 107 Å². The first kappa shape index (κ1) is 38.3. The lowest BCUT2D eigenvalue weighted by Gasteiger charge is -2.05. The van der Waals surface area contributed by atoms with Gasteiger partial charge in [-0.2, -0.15) is 0 Å². The van der Waals surface area contributed by atoms with Gasteiger partial charge in [-0.15, -0.1) is 0 Å². The van der Waals surface area contributed by atoms with E-state index in [0.717, 1.165) is 44.4 Å². The van der Waals surface area contributed by atoms with Crippen LogP contribution in [-0.4, -0.2) is 11.8 Å². The van der Waals surface area contributed by atoms with Crippen molar-refractivity contribution in [3.63, 3.8) is 0 Å². The van der Waals surface area contributed by atoms with Gasteiger partial charge >= 0.3 is 0 Å². The highest BCUT2D eigenvalue weighted by Crippen LogP contribution is 2.14. The molecule has 0 aliphatic rings. The molecule has 10 heteroatoms. The summed E-state index contributed by atoms with van der Waals surface area (Å²) in [6.07, 6.45) is 17.8. The van der Waals surface area contributed by atoms with Gasteiger partial charge in [0.15, 0.2) is 24.8 Å². The lowest BCUT2D eigenvalue weighted by Crippen LogP contribution is -3.00. The molecule has 0 saturated carbocycles. The maximum atomic E-state index is 12.5. The molecule has 6 nitrogen and oxygen atoms in total. The number of pyridine rings is 2. The Hall–Kier alpha value is -1.90. The largest absolute Gasteiger partial charge is 1.00 e. The zero-order valence-corrected chi connectivity index (χ0v) is 32.0. The zero-order chi connectivity index (χ0) is 29.6. The third kappa shape index (κ3) is 13.6. The number of rotatable bonds is 15. The van der Waals surface area contributed by atoms with Gasteiger partial charge < -0.3 is 44.6 Å². The monoisotopic (exact) mass is 946 g/mol. The summed E-state index contributed by atoms with van der Waals surface area (Å²) < 4.78 is 6.59. The first-order valence-corrected chi connectivity index (χ1v) is 16.7. The average Bonchev–Trinajstić information content (AvgIpc) is 3.01. The van der Waals surface area contributed by atoms with Crippen molar-refractivity contribution in [1.82, 2.24) is 0 Å². The van der Waals surface area contributed by atoms with E-state index in [9.17, 15) is 9.59 Å². The van der Waals surface area contributed by atoms with Crippen molar-refractivity contribution in [2.75, 3.05) is 10.6 Å². The fourth-order valence-corrected chi connectivity index (χ4v) is 5.36. The number of carbonyl (C=O) groups is 2. The molecule has 0 radical (unpaired) electrons. The van der Waals surface area contributed by atoms with Gasteiger partial charge in [0.25, 0.3) is 11.8 Å². The van der Waals surface area contributed by atoms with Crippen molar-refractivity contribution in [3.05, 3.63) is 116 Å². The molecule has 0 bridgehead atoms. The fourth-order valence-electron chi connectivity index (χ4n) is 4.64. The van der Waals surface area contributed by atoms with E-state index in [1.54, 1.807) is 0 Å². The van der Waals surface area contributed by atoms with Gasteiger partial charge in [0.05, 0.1) is 11.1 Å². The smallest absolute Gasteiger partial charge is 0.256 e. The van der Waals surface area contributed by atoms with Crippen LogP contribution in [-0.2, 0) is 13.1 Å². The quantitative estimate of drug-likeness (QED) is 0.109. The first-order valence-electron chi connectivity index (χ1n) is 14.6. The van der Waals surface area contributed by atoms with E-state index in [1.165, 1.54) is 38.5 Å². The van der Waals surface area contributed by atoms with E-state index in [-0.39, 0.29) is 45.8 Å². The Morgan fingerprint density at radius 3 is 1.09 bits per heavy atom. The van der Waals surface area contributed by atoms with Crippen LogP contribution >= 0.6 is 45.2 Å². The van der Waals surface area contributed by atoms with Crippen LogP contribution in [0.25, 0.3) is 0 Å². The number of anilines is 2. The minimum atomic E-state index is -0.0849. The number of hydrogen-bond acceptors (Lipinski definition) is 2. The van der Waals surface area contributed by atoms with Crippen LogP contribution in [0.1, 0.15) is 72.1 Å². The molecular formula is C34H38Br2I2N4O2. The van der Waals surface area contributed by atoms with Crippen LogP contribution in [0.3, 0.4) is 0 Å². The molecule has 0 aliphatic carbocycles. The number of aryl methyl sites for hydroxylation is 2. The fraction of sp³-hybridized carbons (Fsp3) is 0.294. The summed E-state index contributed by atoms with van der Waals surface area (Å²) in [5.41, 5.74) is 2.95. The molecule has 2 amide bonds. The van der Waals surface area contributed by atoms with Crippen molar-refractivity contribution in [1.29, 1.82) is 0 Å². The third-order valence-electron chi connectivity index (χ3n) is 7.09. The van der Waals surface area contributed by atoms with Crippen molar-refractivity contribution in [3.8, 4) is 0 Å². The number of nitrogens with one attached hydrogen (secondary N) is 2. The van der Waals surface area contributed by atoms with Gasteiger partial charge in [-0.1, -0.05) is 25.7 Å². The molecule has 2 aromatic heterocycles. The van der Waals surface area contributed by atoms with Crippen LogP contribution in [0, 0.1) is 7.14 Å². The molecule has 0 aliphatic heterocycles. The highest BCUT2D eigenvalue weighted by atomic mass is 127. The summed E-state index contributed by atoms with van der Waals surface area (Å²) in [7, 11) is 0. The Balaban J connectivity index is 0.00000337. The molecule has 0 unspecified atom stereocenters. The minimum absolute atomic E-state index is 0. The van der Waals surface area contributed by atoms with Gasteiger partial charge in [0.1, 0.15) is 13.1 Å². The minimum Gasteiger partial charge on any atom is -1.00 e. The zero-order valence-electron chi connectivity index (χ0n) is 24.5. The maximum Gasteiger partial charge on any atom is 0.256 e. The molecule has 2 N–H and O–H groups in total. The summed E-state index contributed by atoms with van der Waals surface area (Å²) in [4.78, 5) is 24.9. The standard InChI is InChI=1S/C34H36I2N4O2.2BrH/c35-29-9-13-31(14-10-29)37-33(41)27-17-23-39(24-18-27)21-7-5-3-1-2-4-6-8-22-40-25-19-28(20-26-40)34(42)38-32-15-11-30(36)12-16-32;;/h9-20,23-26H,1-8,21-22H2;2*1H. The lowest BCUT2D eigenvalue weighted by molar-refractivity contribution is -0.697. The maximum absolute atomic E-state index is 12.5. The van der Waals surface area contributed by atoms with E-state index < -0.39 is 0 Å². The Morgan fingerprint density at radius 1 is 0.477 bits per heavy atom. The molecule has 234 valence electrons. The van der Waals surface area contributed by atoms with Gasteiger partial charge in [-0.3, -0.25) is 9.59 Å². The second kappa shape index (κ2) is 21.0. The number of halogens is 4. The van der Waals surface area contributed by atoms with Crippen LogP contribution < -0.4 is 53.7 Å². The van der Waals surface area contributed by atoms with E-state index in [2.05, 4.69) is 64.9 Å². The SMILES string of the molecule is O=C(Nc1ccc(I)cc1)c1cc[n+](CCCCCCCCCC[n+]2ccc(C(=O)Nc3ccc(I)cc3)cc2)cc1.[Br-].[Br-]. The first-order chi connectivity index (χ1) is 20.5. The Labute approximate surface area is 309 Å². The summed E-state index contributed by atoms with van der Waals surface area (Å²) in [6.45, 7) is 1.95. The molecular weight excluding hydrogens is 910 g/mol. The molecule has 0 spiro atoms. The van der Waals surface area contributed by atoms with E-state index in [4.69, 9.17) is 0 Å². The summed E-state index contributed by atoms with van der Waals surface area (Å²) in [5, 5.41) is 5.89. The summed E-state index contributed by atoms with van der Waals surface area (Å²) >= 11 is 4.50. The number of nitrogens with zero attached hydrogens (tertiary/aromatic N) is 2. The predicted octanol–water partition coefficient (Wildman–Crippen LogP) is 1.80. The van der Waals surface area contributed by atoms with Crippen LogP contribution in [0.2, 0.25) is 0 Å². The second-order valence-corrected chi connectivity index (χ2v) is 12.9. The molecule has 0 saturated heterocycles. The number of benzene rings is 2. The number of aromatic nitrogens is 2. The predicted molar refractivity (Wildman–Crippen MR) is 184 cm³/mol. The highest BCUT2D eigenvalue weighted by molar-refractivity contribution is 14.1. The summed E-state index contributed by atoms with van der Waals surface area (Å²) in [6, 6.07) is 23.1.